The lowest BCUT2D eigenvalue weighted by atomic mass is 10.0. The number of unbranched alkanes of at least 4 members (excludes halogenated alkanes) is 13. The maximum absolute atomic E-state index is 11.8. The highest BCUT2D eigenvalue weighted by Gasteiger charge is 2.11. The van der Waals surface area contributed by atoms with Crippen molar-refractivity contribution in [2.24, 2.45) is 0 Å². The second-order valence-electron chi connectivity index (χ2n) is 10.1. The summed E-state index contributed by atoms with van der Waals surface area (Å²) in [7, 11) is 0. The zero-order valence-corrected chi connectivity index (χ0v) is 21.5. The van der Waals surface area contributed by atoms with Crippen molar-refractivity contribution >= 4 is 0 Å². The Morgan fingerprint density at radius 2 is 1.12 bits per heavy atom. The smallest absolute Gasteiger partial charge is 0.116 e. The van der Waals surface area contributed by atoms with E-state index in [0.717, 1.165) is 51.7 Å². The fourth-order valence-corrected chi connectivity index (χ4v) is 4.76. The van der Waals surface area contributed by atoms with E-state index in [9.17, 15) is 5.11 Å². The van der Waals surface area contributed by atoms with Crippen LogP contribution in [0.15, 0.2) is 0 Å². The molecule has 1 aliphatic heterocycles. The average Bonchev–Trinajstić information content (AvgIpc) is 2.79. The third-order valence-electron chi connectivity index (χ3n) is 6.92. The number of rotatable bonds is 16. The zero-order chi connectivity index (χ0) is 23.0. The Morgan fingerprint density at radius 1 is 0.625 bits per heavy atom. The van der Waals surface area contributed by atoms with Gasteiger partial charge in [-0.05, 0) is 38.5 Å². The van der Waals surface area contributed by atoms with Gasteiger partial charge >= 0.3 is 0 Å². The summed E-state index contributed by atoms with van der Waals surface area (Å²) in [4.78, 5) is 0. The van der Waals surface area contributed by atoms with Crippen LogP contribution < -0.4 is 0 Å². The highest BCUT2D eigenvalue weighted by molar-refractivity contribution is 4.62. The molecule has 1 rings (SSSR count). The molecular weight excluding hydrogens is 396 g/mol. The topological polar surface area (TPSA) is 38.4 Å². The summed E-state index contributed by atoms with van der Waals surface area (Å²) in [5.41, 5.74) is 0. The van der Waals surface area contributed by atoms with Crippen molar-refractivity contribution in [1.82, 2.24) is 0 Å². The molecule has 3 nitrogen and oxygen atoms in total. The molecule has 1 saturated heterocycles. The summed E-state index contributed by atoms with van der Waals surface area (Å²) in [6.07, 6.45) is 29.1. The van der Waals surface area contributed by atoms with Crippen molar-refractivity contribution in [3.05, 3.63) is 6.92 Å². The molecule has 0 bridgehead atoms. The van der Waals surface area contributed by atoms with E-state index in [1.807, 2.05) is 0 Å². The van der Waals surface area contributed by atoms with Crippen LogP contribution >= 0.6 is 0 Å². The lowest BCUT2D eigenvalue weighted by Crippen LogP contribution is -2.16. The van der Waals surface area contributed by atoms with E-state index in [1.54, 1.807) is 0 Å². The Bertz CT molecular complexity index is 344. The maximum atomic E-state index is 11.8. The van der Waals surface area contributed by atoms with Crippen LogP contribution in [0.5, 0.6) is 0 Å². The van der Waals surface area contributed by atoms with Crippen LogP contribution in [0.25, 0.3) is 0 Å². The fraction of sp³-hybridized carbons (Fsp3) is 0.966. The highest BCUT2D eigenvalue weighted by atomic mass is 16.5. The van der Waals surface area contributed by atoms with Gasteiger partial charge in [-0.25, -0.2) is 5.11 Å². The SMILES string of the molecule is [CH2]CCCCCCCCCCCCCCCOC1CCCCCCC([O])COCCCC1. The van der Waals surface area contributed by atoms with Crippen molar-refractivity contribution in [1.29, 1.82) is 0 Å². The average molecular weight is 453 g/mol. The van der Waals surface area contributed by atoms with E-state index >= 15 is 0 Å². The first-order valence-electron chi connectivity index (χ1n) is 14.5. The molecule has 32 heavy (non-hydrogen) atoms. The Kier molecular flexibility index (Phi) is 22.5. The monoisotopic (exact) mass is 452 g/mol. The van der Waals surface area contributed by atoms with Crippen LogP contribution in [0, 0.1) is 6.92 Å². The zero-order valence-electron chi connectivity index (χ0n) is 21.5. The normalized spacial score (nSPS) is 21.9. The number of hydrogen-bond acceptors (Lipinski definition) is 2. The van der Waals surface area contributed by atoms with Gasteiger partial charge in [0.2, 0.25) is 0 Å². The summed E-state index contributed by atoms with van der Waals surface area (Å²) in [5, 5.41) is 11.8. The maximum Gasteiger partial charge on any atom is 0.116 e. The molecule has 2 unspecified atom stereocenters. The minimum absolute atomic E-state index is 0.400. The minimum Gasteiger partial charge on any atom is -0.379 e. The van der Waals surface area contributed by atoms with Gasteiger partial charge in [0.25, 0.3) is 0 Å². The van der Waals surface area contributed by atoms with Crippen molar-refractivity contribution in [3.63, 3.8) is 0 Å². The van der Waals surface area contributed by atoms with Gasteiger partial charge in [-0.1, -0.05) is 116 Å². The van der Waals surface area contributed by atoms with E-state index in [0.29, 0.717) is 12.7 Å². The molecule has 0 saturated carbocycles. The predicted molar refractivity (Wildman–Crippen MR) is 137 cm³/mol. The van der Waals surface area contributed by atoms with Crippen LogP contribution in [0.4, 0.5) is 0 Å². The first-order chi connectivity index (χ1) is 15.8. The van der Waals surface area contributed by atoms with Gasteiger partial charge in [0, 0.05) is 13.2 Å². The molecule has 0 spiro atoms. The van der Waals surface area contributed by atoms with Crippen LogP contribution in [0.1, 0.15) is 148 Å². The molecule has 2 atom stereocenters. The van der Waals surface area contributed by atoms with Crippen molar-refractivity contribution < 1.29 is 14.6 Å². The summed E-state index contributed by atoms with van der Waals surface area (Å²) in [5.74, 6) is 0. The molecule has 0 N–H and O–H groups in total. The third-order valence-corrected chi connectivity index (χ3v) is 6.92. The molecule has 0 aromatic rings. The lowest BCUT2D eigenvalue weighted by Gasteiger charge is -2.19. The molecule has 190 valence electrons. The largest absolute Gasteiger partial charge is 0.379 e. The van der Waals surface area contributed by atoms with E-state index < -0.39 is 6.10 Å². The van der Waals surface area contributed by atoms with Crippen LogP contribution in [-0.2, 0) is 14.6 Å². The molecule has 3 heteroatoms. The second-order valence-corrected chi connectivity index (χ2v) is 10.1. The van der Waals surface area contributed by atoms with Crippen molar-refractivity contribution in [2.45, 2.75) is 160 Å². The molecule has 0 aromatic carbocycles. The number of ether oxygens (including phenoxy) is 2. The summed E-state index contributed by atoms with van der Waals surface area (Å²) in [6, 6.07) is 0. The van der Waals surface area contributed by atoms with Gasteiger partial charge in [0.15, 0.2) is 0 Å². The Hall–Kier alpha value is -0.120. The van der Waals surface area contributed by atoms with Crippen LogP contribution in [0.3, 0.4) is 0 Å². The molecule has 2 radical (unpaired) electrons. The van der Waals surface area contributed by atoms with Gasteiger partial charge in [0.1, 0.15) is 6.10 Å². The standard InChI is InChI=1S/C29H56O3/c1-2-3-4-5-6-7-8-9-10-11-12-13-16-20-26-32-29-23-18-15-14-17-22-28(30)27-31-25-21-19-24-29/h28-29H,1-27H2. The van der Waals surface area contributed by atoms with E-state index in [2.05, 4.69) is 6.92 Å². The molecule has 1 heterocycles. The first-order valence-corrected chi connectivity index (χ1v) is 14.5. The van der Waals surface area contributed by atoms with Crippen molar-refractivity contribution in [3.8, 4) is 0 Å². The summed E-state index contributed by atoms with van der Waals surface area (Å²) < 4.78 is 11.8. The summed E-state index contributed by atoms with van der Waals surface area (Å²) >= 11 is 0. The Morgan fingerprint density at radius 3 is 1.72 bits per heavy atom. The number of hydrogen-bond donors (Lipinski definition) is 0. The van der Waals surface area contributed by atoms with Gasteiger partial charge in [0.05, 0.1) is 12.7 Å². The first kappa shape index (κ1) is 29.9. The molecule has 0 aliphatic carbocycles. The van der Waals surface area contributed by atoms with Gasteiger partial charge in [-0.15, -0.1) is 0 Å². The molecule has 0 aromatic heterocycles. The van der Waals surface area contributed by atoms with Crippen LogP contribution in [-0.4, -0.2) is 32.0 Å². The molecular formula is C29H56O3. The molecule has 1 aliphatic rings. The Balaban J connectivity index is 1.93. The third kappa shape index (κ3) is 20.5. The summed E-state index contributed by atoms with van der Waals surface area (Å²) in [6.45, 7) is 5.99. The molecule has 0 amide bonds. The minimum atomic E-state index is -0.516. The van der Waals surface area contributed by atoms with Gasteiger partial charge in [-0.2, -0.15) is 0 Å². The Labute approximate surface area is 201 Å². The van der Waals surface area contributed by atoms with Gasteiger partial charge in [-0.3, -0.25) is 0 Å². The van der Waals surface area contributed by atoms with Gasteiger partial charge < -0.3 is 9.47 Å². The lowest BCUT2D eigenvalue weighted by molar-refractivity contribution is -0.0119. The van der Waals surface area contributed by atoms with E-state index in [4.69, 9.17) is 9.47 Å². The molecule has 1 fully saturated rings. The van der Waals surface area contributed by atoms with E-state index in [-0.39, 0.29) is 0 Å². The fourth-order valence-electron chi connectivity index (χ4n) is 4.76. The highest BCUT2D eigenvalue weighted by Crippen LogP contribution is 2.17. The second kappa shape index (κ2) is 24.0. The van der Waals surface area contributed by atoms with Crippen LogP contribution in [0.2, 0.25) is 0 Å². The van der Waals surface area contributed by atoms with E-state index in [1.165, 1.54) is 109 Å². The predicted octanol–water partition coefficient (Wildman–Crippen LogP) is 9.01. The quantitative estimate of drug-likeness (QED) is 0.219. The van der Waals surface area contributed by atoms with Crippen molar-refractivity contribution in [2.75, 3.05) is 19.8 Å².